The molecule has 2 rings (SSSR count). The van der Waals surface area contributed by atoms with E-state index in [4.69, 9.17) is 5.26 Å². The molecule has 0 aromatic carbocycles. The van der Waals surface area contributed by atoms with E-state index >= 15 is 0 Å². The van der Waals surface area contributed by atoms with Gasteiger partial charge in [-0.3, -0.25) is 4.79 Å². The number of nitrogens with zero attached hydrogens (tertiary/aromatic N) is 3. The van der Waals surface area contributed by atoms with Crippen molar-refractivity contribution in [2.75, 3.05) is 24.5 Å². The lowest BCUT2D eigenvalue weighted by atomic mass is 10.2. The summed E-state index contributed by atoms with van der Waals surface area (Å²) in [6.07, 6.45) is 2.06. The summed E-state index contributed by atoms with van der Waals surface area (Å²) in [7, 11) is 0. The van der Waals surface area contributed by atoms with Crippen LogP contribution in [0, 0.1) is 11.3 Å². The van der Waals surface area contributed by atoms with E-state index in [1.807, 2.05) is 11.0 Å². The summed E-state index contributed by atoms with van der Waals surface area (Å²) in [5, 5.41) is 11.7. The number of hydrogen-bond acceptors (Lipinski definition) is 4. The second kappa shape index (κ2) is 4.62. The number of nitrogens with one attached hydrogen (secondary N) is 1. The van der Waals surface area contributed by atoms with Crippen LogP contribution >= 0.6 is 0 Å². The van der Waals surface area contributed by atoms with Crippen LogP contribution in [0.1, 0.15) is 12.1 Å². The minimum Gasteiger partial charge on any atom is -0.367 e. The van der Waals surface area contributed by atoms with Crippen molar-refractivity contribution in [2.45, 2.75) is 6.42 Å². The number of anilines is 1. The van der Waals surface area contributed by atoms with Crippen LogP contribution in [0.3, 0.4) is 0 Å². The van der Waals surface area contributed by atoms with Gasteiger partial charge >= 0.3 is 0 Å². The zero-order valence-corrected chi connectivity index (χ0v) is 8.81. The first kappa shape index (κ1) is 10.4. The van der Waals surface area contributed by atoms with Crippen LogP contribution in [0.5, 0.6) is 0 Å². The van der Waals surface area contributed by atoms with Gasteiger partial charge in [0.15, 0.2) is 5.69 Å². The van der Waals surface area contributed by atoms with Crippen LogP contribution in [-0.2, 0) is 4.79 Å². The third-order valence-electron chi connectivity index (χ3n) is 2.55. The molecule has 1 amide bonds. The summed E-state index contributed by atoms with van der Waals surface area (Å²) in [4.78, 5) is 17.2. The first-order valence-electron chi connectivity index (χ1n) is 5.18. The van der Waals surface area contributed by atoms with Crippen molar-refractivity contribution in [1.29, 1.82) is 5.26 Å². The average Bonchev–Trinajstić information content (AvgIpc) is 2.54. The van der Waals surface area contributed by atoms with Crippen LogP contribution in [0.4, 0.5) is 5.69 Å². The smallest absolute Gasteiger partial charge is 0.221 e. The Kier molecular flexibility index (Phi) is 3.01. The van der Waals surface area contributed by atoms with Gasteiger partial charge in [0, 0.05) is 32.3 Å². The van der Waals surface area contributed by atoms with Crippen molar-refractivity contribution < 1.29 is 4.79 Å². The fourth-order valence-corrected chi connectivity index (χ4v) is 1.75. The monoisotopic (exact) mass is 216 g/mol. The number of hydrogen-bond donors (Lipinski definition) is 1. The minimum atomic E-state index is 0.0601. The van der Waals surface area contributed by atoms with Crippen molar-refractivity contribution in [3.05, 3.63) is 24.0 Å². The summed E-state index contributed by atoms with van der Waals surface area (Å²) >= 11 is 0. The average molecular weight is 216 g/mol. The van der Waals surface area contributed by atoms with Gasteiger partial charge in [-0.1, -0.05) is 0 Å². The van der Waals surface area contributed by atoms with Gasteiger partial charge in [-0.05, 0) is 12.1 Å². The van der Waals surface area contributed by atoms with Gasteiger partial charge in [-0.2, -0.15) is 5.26 Å². The van der Waals surface area contributed by atoms with Gasteiger partial charge < -0.3 is 10.2 Å². The highest BCUT2D eigenvalue weighted by molar-refractivity contribution is 5.77. The minimum absolute atomic E-state index is 0.0601. The molecule has 5 nitrogen and oxygen atoms in total. The third-order valence-corrected chi connectivity index (χ3v) is 2.55. The molecule has 1 aromatic rings. The van der Waals surface area contributed by atoms with Crippen LogP contribution in [0.2, 0.25) is 0 Å². The Morgan fingerprint density at radius 2 is 2.38 bits per heavy atom. The molecule has 0 atom stereocenters. The van der Waals surface area contributed by atoms with E-state index in [1.54, 1.807) is 12.3 Å². The first-order chi connectivity index (χ1) is 7.81. The molecule has 2 heterocycles. The first-order valence-corrected chi connectivity index (χ1v) is 5.18. The molecule has 1 N–H and O–H groups in total. The maximum absolute atomic E-state index is 11.2. The maximum Gasteiger partial charge on any atom is 0.221 e. The zero-order chi connectivity index (χ0) is 11.4. The lowest BCUT2D eigenvalue weighted by Crippen LogP contribution is -2.29. The van der Waals surface area contributed by atoms with E-state index in [0.29, 0.717) is 31.7 Å². The summed E-state index contributed by atoms with van der Waals surface area (Å²) in [6.45, 7) is 1.96. The molecule has 1 saturated heterocycles. The fraction of sp³-hybridized carbons (Fsp3) is 0.364. The molecule has 1 aliphatic heterocycles. The highest BCUT2D eigenvalue weighted by Crippen LogP contribution is 2.18. The number of pyridine rings is 1. The van der Waals surface area contributed by atoms with Gasteiger partial charge in [-0.25, -0.2) is 4.98 Å². The molecule has 1 fully saturated rings. The SMILES string of the molecule is N#Cc1ncccc1N1CCNC(=O)CC1. The van der Waals surface area contributed by atoms with Gasteiger partial charge in [0.1, 0.15) is 6.07 Å². The Bertz CT molecular complexity index is 438. The summed E-state index contributed by atoms with van der Waals surface area (Å²) in [5.41, 5.74) is 1.22. The van der Waals surface area contributed by atoms with E-state index in [0.717, 1.165) is 5.69 Å². The van der Waals surface area contributed by atoms with Crippen LogP contribution in [0.15, 0.2) is 18.3 Å². The second-order valence-electron chi connectivity index (χ2n) is 3.57. The molecular weight excluding hydrogens is 204 g/mol. The molecule has 82 valence electrons. The summed E-state index contributed by atoms with van der Waals surface area (Å²) in [6, 6.07) is 5.73. The highest BCUT2D eigenvalue weighted by atomic mass is 16.1. The number of amides is 1. The number of rotatable bonds is 1. The standard InChI is InChI=1S/C11H12N4O/c12-8-9-10(2-1-4-13-9)15-6-3-11(16)14-5-7-15/h1-2,4H,3,5-7H2,(H,14,16). The maximum atomic E-state index is 11.2. The van der Waals surface area contributed by atoms with E-state index < -0.39 is 0 Å². The van der Waals surface area contributed by atoms with Gasteiger partial charge in [0.25, 0.3) is 0 Å². The molecule has 16 heavy (non-hydrogen) atoms. The zero-order valence-electron chi connectivity index (χ0n) is 8.81. The molecular formula is C11H12N4O. The predicted molar refractivity (Wildman–Crippen MR) is 58.8 cm³/mol. The normalized spacial score (nSPS) is 16.2. The molecule has 0 saturated carbocycles. The Morgan fingerprint density at radius 1 is 1.50 bits per heavy atom. The lowest BCUT2D eigenvalue weighted by molar-refractivity contribution is -0.120. The lowest BCUT2D eigenvalue weighted by Gasteiger charge is -2.21. The Balaban J connectivity index is 2.23. The van der Waals surface area contributed by atoms with Crippen molar-refractivity contribution >= 4 is 11.6 Å². The topological polar surface area (TPSA) is 69.0 Å². The van der Waals surface area contributed by atoms with E-state index in [2.05, 4.69) is 16.4 Å². The third kappa shape index (κ3) is 2.11. The predicted octanol–water partition coefficient (Wildman–Crippen LogP) is 0.280. The summed E-state index contributed by atoms with van der Waals surface area (Å²) in [5.74, 6) is 0.0601. The van der Waals surface area contributed by atoms with E-state index in [1.165, 1.54) is 0 Å². The number of carbonyl (C=O) groups excluding carboxylic acids is 1. The Hall–Kier alpha value is -2.09. The highest BCUT2D eigenvalue weighted by Gasteiger charge is 2.16. The van der Waals surface area contributed by atoms with E-state index in [9.17, 15) is 4.79 Å². The van der Waals surface area contributed by atoms with Crippen molar-refractivity contribution in [2.24, 2.45) is 0 Å². The number of carbonyl (C=O) groups is 1. The van der Waals surface area contributed by atoms with Crippen molar-refractivity contribution in [3.8, 4) is 6.07 Å². The summed E-state index contributed by atoms with van der Waals surface area (Å²) < 4.78 is 0. The second-order valence-corrected chi connectivity index (χ2v) is 3.57. The molecule has 1 aliphatic rings. The van der Waals surface area contributed by atoms with Crippen LogP contribution in [0.25, 0.3) is 0 Å². The molecule has 0 aliphatic carbocycles. The van der Waals surface area contributed by atoms with E-state index in [-0.39, 0.29) is 5.91 Å². The molecule has 1 aromatic heterocycles. The van der Waals surface area contributed by atoms with Gasteiger partial charge in [0.2, 0.25) is 5.91 Å². The quantitative estimate of drug-likeness (QED) is 0.732. The van der Waals surface area contributed by atoms with Crippen molar-refractivity contribution in [1.82, 2.24) is 10.3 Å². The molecule has 0 unspecified atom stereocenters. The molecule has 0 radical (unpaired) electrons. The number of aromatic nitrogens is 1. The molecule has 0 spiro atoms. The van der Waals surface area contributed by atoms with Crippen LogP contribution in [-0.4, -0.2) is 30.5 Å². The Morgan fingerprint density at radius 3 is 3.19 bits per heavy atom. The number of nitriles is 1. The Labute approximate surface area is 93.7 Å². The molecule has 5 heteroatoms. The van der Waals surface area contributed by atoms with Crippen molar-refractivity contribution in [3.63, 3.8) is 0 Å². The molecule has 0 bridgehead atoms. The largest absolute Gasteiger partial charge is 0.367 e. The van der Waals surface area contributed by atoms with Gasteiger partial charge in [-0.15, -0.1) is 0 Å². The fourth-order valence-electron chi connectivity index (χ4n) is 1.75. The van der Waals surface area contributed by atoms with Gasteiger partial charge in [0.05, 0.1) is 5.69 Å². The van der Waals surface area contributed by atoms with Crippen LogP contribution < -0.4 is 10.2 Å².